The molecular weight excluding hydrogens is 238 g/mol. The topological polar surface area (TPSA) is 67.1 Å². The number of benzene rings is 1. The Kier molecular flexibility index (Phi) is 3.46. The molecular formula is C14H19N5. The van der Waals surface area contributed by atoms with Crippen molar-refractivity contribution in [3.8, 4) is 0 Å². The summed E-state index contributed by atoms with van der Waals surface area (Å²) in [6, 6.07) is 7.93. The van der Waals surface area contributed by atoms with Crippen molar-refractivity contribution >= 4 is 22.7 Å². The van der Waals surface area contributed by atoms with E-state index >= 15 is 0 Å². The molecule has 1 aromatic heterocycles. The van der Waals surface area contributed by atoms with Crippen LogP contribution in [0.15, 0.2) is 24.3 Å². The number of hydrogen-bond acceptors (Lipinski definition) is 5. The minimum Gasteiger partial charge on any atom is -0.368 e. The molecule has 0 aliphatic carbocycles. The highest BCUT2D eigenvalue weighted by atomic mass is 15.2. The van der Waals surface area contributed by atoms with E-state index in [9.17, 15) is 0 Å². The number of fused-ring (bicyclic) bond motifs is 1. The molecule has 1 saturated heterocycles. The van der Waals surface area contributed by atoms with Crippen molar-refractivity contribution in [3.05, 3.63) is 24.3 Å². The number of anilines is 2. The van der Waals surface area contributed by atoms with Crippen molar-refractivity contribution in [3.63, 3.8) is 0 Å². The molecule has 2 aromatic rings. The molecule has 5 heteroatoms. The number of aromatic nitrogens is 2. The second-order valence-corrected chi connectivity index (χ2v) is 4.92. The average molecular weight is 257 g/mol. The van der Waals surface area contributed by atoms with Gasteiger partial charge in [-0.3, -0.25) is 0 Å². The first kappa shape index (κ1) is 12.2. The van der Waals surface area contributed by atoms with Gasteiger partial charge in [0.15, 0.2) is 0 Å². The number of para-hydroxylation sites is 1. The van der Waals surface area contributed by atoms with Crippen molar-refractivity contribution in [2.75, 3.05) is 37.2 Å². The lowest BCUT2D eigenvalue weighted by atomic mass is 10.2. The zero-order valence-electron chi connectivity index (χ0n) is 11.0. The Hall–Kier alpha value is -1.88. The molecule has 100 valence electrons. The number of nitrogens with one attached hydrogen (secondary N) is 1. The van der Waals surface area contributed by atoms with E-state index in [1.807, 2.05) is 24.3 Å². The Morgan fingerprint density at radius 3 is 2.79 bits per heavy atom. The molecule has 3 rings (SSSR count). The maximum absolute atomic E-state index is 5.75. The first-order valence-corrected chi connectivity index (χ1v) is 6.81. The fraction of sp³-hybridized carbons (Fsp3) is 0.429. The Balaban J connectivity index is 1.72. The normalized spacial score (nSPS) is 16.0. The molecule has 0 amide bonds. The number of hydrogen-bond donors (Lipinski definition) is 2. The van der Waals surface area contributed by atoms with Crippen LogP contribution in [0, 0.1) is 0 Å². The third kappa shape index (κ3) is 2.76. The van der Waals surface area contributed by atoms with Gasteiger partial charge < -0.3 is 16.0 Å². The second-order valence-electron chi connectivity index (χ2n) is 4.92. The van der Waals surface area contributed by atoms with E-state index in [4.69, 9.17) is 5.73 Å². The fourth-order valence-corrected chi connectivity index (χ4v) is 2.57. The summed E-state index contributed by atoms with van der Waals surface area (Å²) in [5, 5.41) is 4.41. The minimum absolute atomic E-state index is 0.322. The van der Waals surface area contributed by atoms with E-state index in [1.54, 1.807) is 0 Å². The van der Waals surface area contributed by atoms with Crippen molar-refractivity contribution in [2.45, 2.75) is 12.8 Å². The maximum atomic E-state index is 5.75. The number of nitrogens with zero attached hydrogens (tertiary/aromatic N) is 3. The summed E-state index contributed by atoms with van der Waals surface area (Å²) in [4.78, 5) is 11.0. The largest absolute Gasteiger partial charge is 0.368 e. The van der Waals surface area contributed by atoms with Crippen LogP contribution in [-0.2, 0) is 0 Å². The highest BCUT2D eigenvalue weighted by Crippen LogP contribution is 2.20. The number of nitrogens with two attached hydrogens (primary N) is 1. The first-order valence-electron chi connectivity index (χ1n) is 6.81. The van der Waals surface area contributed by atoms with Crippen LogP contribution in [-0.4, -0.2) is 41.0 Å². The molecule has 3 N–H and O–H groups in total. The van der Waals surface area contributed by atoms with Gasteiger partial charge in [0.1, 0.15) is 5.82 Å². The highest BCUT2D eigenvalue weighted by Gasteiger charge is 2.11. The zero-order valence-corrected chi connectivity index (χ0v) is 11.0. The van der Waals surface area contributed by atoms with Crippen LogP contribution < -0.4 is 11.1 Å². The molecule has 1 aliphatic rings. The molecule has 1 aliphatic heterocycles. The first-order chi connectivity index (χ1) is 9.33. The number of nitrogen functional groups attached to an aromatic ring is 1. The average Bonchev–Trinajstić information content (AvgIpc) is 2.91. The van der Waals surface area contributed by atoms with Crippen LogP contribution in [0.4, 0.5) is 11.8 Å². The van der Waals surface area contributed by atoms with Gasteiger partial charge in [-0.15, -0.1) is 0 Å². The lowest BCUT2D eigenvalue weighted by Gasteiger charge is -2.15. The van der Waals surface area contributed by atoms with E-state index in [-0.39, 0.29) is 0 Å². The van der Waals surface area contributed by atoms with Gasteiger partial charge in [0.25, 0.3) is 0 Å². The molecule has 0 unspecified atom stereocenters. The Morgan fingerprint density at radius 1 is 1.16 bits per heavy atom. The van der Waals surface area contributed by atoms with E-state index < -0.39 is 0 Å². The van der Waals surface area contributed by atoms with Crippen LogP contribution in [0.1, 0.15) is 12.8 Å². The summed E-state index contributed by atoms with van der Waals surface area (Å²) < 4.78 is 0. The molecule has 1 fully saturated rings. The molecule has 0 radical (unpaired) electrons. The van der Waals surface area contributed by atoms with E-state index in [0.29, 0.717) is 5.95 Å². The Labute approximate surface area is 112 Å². The maximum Gasteiger partial charge on any atom is 0.222 e. The van der Waals surface area contributed by atoms with E-state index in [0.717, 1.165) is 29.8 Å². The van der Waals surface area contributed by atoms with Gasteiger partial charge in [0.05, 0.1) is 5.52 Å². The number of likely N-dealkylation sites (tertiary alicyclic amines) is 1. The predicted molar refractivity (Wildman–Crippen MR) is 78.1 cm³/mol. The zero-order chi connectivity index (χ0) is 13.1. The molecule has 0 atom stereocenters. The van der Waals surface area contributed by atoms with Crippen molar-refractivity contribution in [1.29, 1.82) is 0 Å². The summed E-state index contributed by atoms with van der Waals surface area (Å²) in [5.41, 5.74) is 6.63. The molecule has 2 heterocycles. The molecule has 5 nitrogen and oxygen atoms in total. The second kappa shape index (κ2) is 5.40. The van der Waals surface area contributed by atoms with Crippen molar-refractivity contribution < 1.29 is 0 Å². The lowest BCUT2D eigenvalue weighted by Crippen LogP contribution is -2.26. The summed E-state index contributed by atoms with van der Waals surface area (Å²) in [7, 11) is 0. The van der Waals surface area contributed by atoms with Crippen molar-refractivity contribution in [2.24, 2.45) is 0 Å². The van der Waals surface area contributed by atoms with Gasteiger partial charge in [-0.2, -0.15) is 4.98 Å². The van der Waals surface area contributed by atoms with Gasteiger partial charge in [0.2, 0.25) is 5.95 Å². The highest BCUT2D eigenvalue weighted by molar-refractivity contribution is 5.89. The van der Waals surface area contributed by atoms with E-state index in [2.05, 4.69) is 20.2 Å². The SMILES string of the molecule is Nc1nc(NCCN2CCCC2)c2ccccc2n1. The Morgan fingerprint density at radius 2 is 1.95 bits per heavy atom. The van der Waals surface area contributed by atoms with Crippen LogP contribution in [0.3, 0.4) is 0 Å². The monoisotopic (exact) mass is 257 g/mol. The van der Waals surface area contributed by atoms with Gasteiger partial charge in [0, 0.05) is 18.5 Å². The van der Waals surface area contributed by atoms with Gasteiger partial charge >= 0.3 is 0 Å². The molecule has 0 saturated carbocycles. The summed E-state index contributed by atoms with van der Waals surface area (Å²) in [6.45, 7) is 4.38. The quantitative estimate of drug-likeness (QED) is 0.873. The molecule has 0 spiro atoms. The fourth-order valence-electron chi connectivity index (χ4n) is 2.57. The van der Waals surface area contributed by atoms with E-state index in [1.165, 1.54) is 25.9 Å². The van der Waals surface area contributed by atoms with Gasteiger partial charge in [-0.25, -0.2) is 4.98 Å². The summed E-state index contributed by atoms with van der Waals surface area (Å²) in [5.74, 6) is 1.16. The predicted octanol–water partition coefficient (Wildman–Crippen LogP) is 1.72. The number of rotatable bonds is 4. The van der Waals surface area contributed by atoms with Gasteiger partial charge in [-0.05, 0) is 38.1 Å². The Bertz CT molecular complexity index is 563. The van der Waals surface area contributed by atoms with Crippen molar-refractivity contribution in [1.82, 2.24) is 14.9 Å². The summed E-state index contributed by atoms with van der Waals surface area (Å²) >= 11 is 0. The lowest BCUT2D eigenvalue weighted by molar-refractivity contribution is 0.352. The third-order valence-electron chi connectivity index (χ3n) is 3.54. The van der Waals surface area contributed by atoms with Crippen LogP contribution in [0.5, 0.6) is 0 Å². The minimum atomic E-state index is 0.322. The standard InChI is InChI=1S/C14H19N5/c15-14-17-12-6-2-1-5-11(12)13(18-14)16-7-10-19-8-3-4-9-19/h1-2,5-6H,3-4,7-10H2,(H3,15,16,17,18). The smallest absolute Gasteiger partial charge is 0.222 e. The third-order valence-corrected chi connectivity index (χ3v) is 3.54. The molecule has 1 aromatic carbocycles. The van der Waals surface area contributed by atoms with Crippen LogP contribution in [0.25, 0.3) is 10.9 Å². The summed E-state index contributed by atoms with van der Waals surface area (Å²) in [6.07, 6.45) is 2.65. The van der Waals surface area contributed by atoms with Crippen LogP contribution in [0.2, 0.25) is 0 Å². The van der Waals surface area contributed by atoms with Gasteiger partial charge in [-0.1, -0.05) is 12.1 Å². The van der Waals surface area contributed by atoms with Crippen LogP contribution >= 0.6 is 0 Å². The molecule has 0 bridgehead atoms. The molecule has 19 heavy (non-hydrogen) atoms.